The summed E-state index contributed by atoms with van der Waals surface area (Å²) >= 11 is 0. The molecule has 1 saturated heterocycles. The van der Waals surface area contributed by atoms with Crippen molar-refractivity contribution in [3.05, 3.63) is 17.3 Å². The van der Waals surface area contributed by atoms with Crippen LogP contribution in [0.15, 0.2) is 4.42 Å². The number of nitrogens with zero attached hydrogens (tertiary/aromatic N) is 3. The Hall–Kier alpha value is -1.85. The molecular weight excluding hydrogens is 306 g/mol. The third-order valence-corrected chi connectivity index (χ3v) is 4.72. The van der Waals surface area contributed by atoms with Crippen molar-refractivity contribution in [2.75, 3.05) is 19.6 Å². The van der Waals surface area contributed by atoms with Crippen molar-refractivity contribution < 1.29 is 14.0 Å². The number of oxazole rings is 1. The van der Waals surface area contributed by atoms with Crippen molar-refractivity contribution in [1.29, 1.82) is 0 Å². The van der Waals surface area contributed by atoms with Gasteiger partial charge in [0, 0.05) is 31.3 Å². The molecule has 0 atom stereocenters. The standard InChI is InChI=1S/C18H27N3O3/c1-18(2,3)17-19-13-11-21(10-8-14(13)24-17)16(23)12-20-9-6-4-5-7-15(20)22/h4-12H2,1-3H3. The fourth-order valence-electron chi connectivity index (χ4n) is 3.20. The molecule has 0 radical (unpaired) electrons. The van der Waals surface area contributed by atoms with Gasteiger partial charge in [0.2, 0.25) is 11.8 Å². The molecule has 2 aliphatic heterocycles. The van der Waals surface area contributed by atoms with Crippen LogP contribution in [-0.4, -0.2) is 46.2 Å². The summed E-state index contributed by atoms with van der Waals surface area (Å²) in [4.78, 5) is 32.8. The minimum absolute atomic E-state index is 0.0104. The Bertz CT molecular complexity index is 630. The summed E-state index contributed by atoms with van der Waals surface area (Å²) in [5, 5.41) is 0. The second kappa shape index (κ2) is 6.57. The van der Waals surface area contributed by atoms with Crippen molar-refractivity contribution in [2.24, 2.45) is 0 Å². The van der Waals surface area contributed by atoms with E-state index in [4.69, 9.17) is 4.42 Å². The van der Waals surface area contributed by atoms with E-state index in [2.05, 4.69) is 25.8 Å². The lowest BCUT2D eigenvalue weighted by atomic mass is 9.97. The summed E-state index contributed by atoms with van der Waals surface area (Å²) in [5.41, 5.74) is 0.728. The molecule has 1 fully saturated rings. The fraction of sp³-hybridized carbons (Fsp3) is 0.722. The molecule has 0 aromatic carbocycles. The van der Waals surface area contributed by atoms with Gasteiger partial charge in [0.25, 0.3) is 0 Å². The van der Waals surface area contributed by atoms with E-state index in [0.29, 0.717) is 32.5 Å². The maximum atomic E-state index is 12.6. The quantitative estimate of drug-likeness (QED) is 0.832. The van der Waals surface area contributed by atoms with Crippen LogP contribution < -0.4 is 0 Å². The first-order chi connectivity index (χ1) is 11.3. The predicted octanol–water partition coefficient (Wildman–Crippen LogP) is 2.26. The summed E-state index contributed by atoms with van der Waals surface area (Å²) in [6, 6.07) is 0. The zero-order valence-electron chi connectivity index (χ0n) is 14.9. The van der Waals surface area contributed by atoms with Gasteiger partial charge in [0.15, 0.2) is 5.89 Å². The van der Waals surface area contributed by atoms with Gasteiger partial charge >= 0.3 is 0 Å². The van der Waals surface area contributed by atoms with E-state index in [1.54, 1.807) is 9.80 Å². The average Bonchev–Trinajstić information content (AvgIpc) is 2.86. The van der Waals surface area contributed by atoms with Gasteiger partial charge < -0.3 is 14.2 Å². The van der Waals surface area contributed by atoms with Gasteiger partial charge in [-0.25, -0.2) is 4.98 Å². The number of likely N-dealkylation sites (tertiary alicyclic amines) is 1. The molecule has 0 bridgehead atoms. The zero-order valence-corrected chi connectivity index (χ0v) is 14.9. The number of hydrogen-bond acceptors (Lipinski definition) is 4. The molecule has 1 aromatic heterocycles. The van der Waals surface area contributed by atoms with Crippen LogP contribution in [-0.2, 0) is 28.0 Å². The Morgan fingerprint density at radius 2 is 1.96 bits per heavy atom. The summed E-state index contributed by atoms with van der Waals surface area (Å²) in [6.45, 7) is 8.21. The van der Waals surface area contributed by atoms with Gasteiger partial charge in [0.1, 0.15) is 11.5 Å². The number of hydrogen-bond donors (Lipinski definition) is 0. The van der Waals surface area contributed by atoms with Crippen LogP contribution in [0.2, 0.25) is 0 Å². The van der Waals surface area contributed by atoms with Crippen molar-refractivity contribution in [2.45, 2.75) is 64.8 Å². The lowest BCUT2D eigenvalue weighted by Gasteiger charge is -2.28. The lowest BCUT2D eigenvalue weighted by molar-refractivity contribution is -0.140. The zero-order chi connectivity index (χ0) is 17.3. The molecule has 1 aromatic rings. The van der Waals surface area contributed by atoms with Crippen molar-refractivity contribution in [1.82, 2.24) is 14.8 Å². The van der Waals surface area contributed by atoms with Crippen LogP contribution >= 0.6 is 0 Å². The minimum atomic E-state index is -0.134. The summed E-state index contributed by atoms with van der Waals surface area (Å²) in [7, 11) is 0. The number of fused-ring (bicyclic) bond motifs is 1. The first-order valence-corrected chi connectivity index (χ1v) is 8.89. The summed E-state index contributed by atoms with van der Waals surface area (Å²) in [6.07, 6.45) is 4.25. The van der Waals surface area contributed by atoms with Crippen LogP contribution in [0.1, 0.15) is 63.8 Å². The van der Waals surface area contributed by atoms with Crippen molar-refractivity contribution in [3.63, 3.8) is 0 Å². The Morgan fingerprint density at radius 3 is 2.71 bits per heavy atom. The predicted molar refractivity (Wildman–Crippen MR) is 89.4 cm³/mol. The van der Waals surface area contributed by atoms with E-state index >= 15 is 0 Å². The summed E-state index contributed by atoms with van der Waals surface area (Å²) < 4.78 is 5.87. The Balaban J connectivity index is 1.65. The normalized spacial score (nSPS) is 19.2. The molecule has 24 heavy (non-hydrogen) atoms. The highest BCUT2D eigenvalue weighted by molar-refractivity contribution is 5.85. The van der Waals surface area contributed by atoms with E-state index < -0.39 is 0 Å². The van der Waals surface area contributed by atoms with Crippen molar-refractivity contribution in [3.8, 4) is 0 Å². The fourth-order valence-corrected chi connectivity index (χ4v) is 3.20. The minimum Gasteiger partial charge on any atom is -0.445 e. The van der Waals surface area contributed by atoms with Crippen LogP contribution in [0.3, 0.4) is 0 Å². The second-order valence-corrected chi connectivity index (χ2v) is 7.83. The molecule has 132 valence electrons. The summed E-state index contributed by atoms with van der Waals surface area (Å²) in [5.74, 6) is 1.74. The Kier molecular flexibility index (Phi) is 4.65. The van der Waals surface area contributed by atoms with E-state index in [-0.39, 0.29) is 23.8 Å². The maximum Gasteiger partial charge on any atom is 0.242 e. The van der Waals surface area contributed by atoms with Crippen LogP contribution in [0.25, 0.3) is 0 Å². The van der Waals surface area contributed by atoms with Gasteiger partial charge in [-0.2, -0.15) is 0 Å². The molecule has 0 N–H and O–H groups in total. The molecule has 0 unspecified atom stereocenters. The lowest BCUT2D eigenvalue weighted by Crippen LogP contribution is -2.44. The van der Waals surface area contributed by atoms with E-state index in [1.165, 1.54) is 0 Å². The number of amides is 2. The van der Waals surface area contributed by atoms with E-state index in [0.717, 1.165) is 36.6 Å². The number of carbonyl (C=O) groups is 2. The highest BCUT2D eigenvalue weighted by Crippen LogP contribution is 2.27. The monoisotopic (exact) mass is 333 g/mol. The number of carbonyl (C=O) groups excluding carboxylic acids is 2. The molecule has 0 spiro atoms. The van der Waals surface area contributed by atoms with Gasteiger partial charge in [0.05, 0.1) is 13.1 Å². The number of rotatable bonds is 2. The molecule has 3 rings (SSSR count). The molecule has 2 aliphatic rings. The molecule has 0 aliphatic carbocycles. The third-order valence-electron chi connectivity index (χ3n) is 4.72. The molecule has 3 heterocycles. The first-order valence-electron chi connectivity index (χ1n) is 8.89. The number of aromatic nitrogens is 1. The van der Waals surface area contributed by atoms with E-state index in [1.807, 2.05) is 0 Å². The third kappa shape index (κ3) is 3.62. The highest BCUT2D eigenvalue weighted by atomic mass is 16.4. The SMILES string of the molecule is CC(C)(C)c1nc2c(o1)CCN(C(=O)CN1CCCCCC1=O)C2. The van der Waals surface area contributed by atoms with Gasteiger partial charge in [-0.3, -0.25) is 9.59 Å². The highest BCUT2D eigenvalue weighted by Gasteiger charge is 2.30. The van der Waals surface area contributed by atoms with Gasteiger partial charge in [-0.15, -0.1) is 0 Å². The first kappa shape index (κ1) is 17.0. The largest absolute Gasteiger partial charge is 0.445 e. The molecule has 6 heteroatoms. The smallest absolute Gasteiger partial charge is 0.242 e. The van der Waals surface area contributed by atoms with Gasteiger partial charge in [-0.05, 0) is 12.8 Å². The van der Waals surface area contributed by atoms with Crippen LogP contribution in [0, 0.1) is 0 Å². The second-order valence-electron chi connectivity index (χ2n) is 7.83. The molecular formula is C18H27N3O3. The molecule has 2 amide bonds. The van der Waals surface area contributed by atoms with Crippen LogP contribution in [0.5, 0.6) is 0 Å². The Morgan fingerprint density at radius 1 is 1.17 bits per heavy atom. The van der Waals surface area contributed by atoms with E-state index in [9.17, 15) is 9.59 Å². The molecule has 0 saturated carbocycles. The maximum absolute atomic E-state index is 12.6. The Labute approximate surface area is 143 Å². The molecule has 6 nitrogen and oxygen atoms in total. The topological polar surface area (TPSA) is 66.7 Å². The van der Waals surface area contributed by atoms with Crippen molar-refractivity contribution >= 4 is 11.8 Å². The van der Waals surface area contributed by atoms with Crippen LogP contribution in [0.4, 0.5) is 0 Å². The average molecular weight is 333 g/mol. The van der Waals surface area contributed by atoms with Gasteiger partial charge in [-0.1, -0.05) is 27.2 Å².